The number of halogens is 1. The van der Waals surface area contributed by atoms with Gasteiger partial charge in [0.25, 0.3) is 5.56 Å². The summed E-state index contributed by atoms with van der Waals surface area (Å²) >= 11 is 6.52. The number of aryl methyl sites for hydroxylation is 2. The Kier molecular flexibility index (Phi) is 6.72. The van der Waals surface area contributed by atoms with Gasteiger partial charge in [0.2, 0.25) is 0 Å². The zero-order valence-electron chi connectivity index (χ0n) is 20.8. The van der Waals surface area contributed by atoms with Crippen molar-refractivity contribution >= 4 is 11.6 Å². The summed E-state index contributed by atoms with van der Waals surface area (Å²) < 4.78 is 7.54. The predicted octanol–water partition coefficient (Wildman–Crippen LogP) is 5.54. The molecule has 4 aromatic heterocycles. The molecule has 0 aliphatic carbocycles. The Morgan fingerprint density at radius 2 is 1.77 bits per heavy atom. The topological polar surface area (TPSA) is 82.8 Å². The van der Waals surface area contributed by atoms with Gasteiger partial charge in [-0.15, -0.1) is 0 Å². The van der Waals surface area contributed by atoms with E-state index >= 15 is 0 Å². The molecule has 0 atom stereocenters. The van der Waals surface area contributed by atoms with Crippen molar-refractivity contribution < 1.29 is 4.74 Å². The molecule has 8 heteroatoms. The van der Waals surface area contributed by atoms with Crippen LogP contribution in [0.3, 0.4) is 0 Å². The highest BCUT2D eigenvalue weighted by atomic mass is 35.5. The first-order chi connectivity index (χ1) is 16.5. The second kappa shape index (κ2) is 9.58. The lowest BCUT2D eigenvalue weighted by molar-refractivity contribution is 0.297. The van der Waals surface area contributed by atoms with Gasteiger partial charge >= 0.3 is 0 Å². The molecule has 4 heterocycles. The molecule has 0 amide bonds. The van der Waals surface area contributed by atoms with Crippen molar-refractivity contribution in [1.82, 2.24) is 24.5 Å². The Morgan fingerprint density at radius 1 is 1.00 bits per heavy atom. The van der Waals surface area contributed by atoms with Gasteiger partial charge in [-0.25, -0.2) is 9.97 Å². The standard InChI is InChI=1S/C27H28ClN5O2/c1-16-8-7-9-19(31-16)15-35-24-12-17(2)33(25(34)18(24)3)23-13-22(30-14-20(23)28)21-10-11-29-26(32-21)27(4,5)6/h7-14H,15H2,1-6H3. The quantitative estimate of drug-likeness (QED) is 0.366. The summed E-state index contributed by atoms with van der Waals surface area (Å²) in [6, 6.07) is 11.2. The van der Waals surface area contributed by atoms with E-state index in [1.54, 1.807) is 36.0 Å². The minimum absolute atomic E-state index is 0.209. The van der Waals surface area contributed by atoms with E-state index in [0.29, 0.717) is 44.9 Å². The molecule has 0 saturated heterocycles. The van der Waals surface area contributed by atoms with Crippen LogP contribution < -0.4 is 10.3 Å². The van der Waals surface area contributed by atoms with Crippen LogP contribution in [0.5, 0.6) is 5.75 Å². The Balaban J connectivity index is 1.72. The molecule has 0 unspecified atom stereocenters. The van der Waals surface area contributed by atoms with E-state index in [4.69, 9.17) is 16.3 Å². The van der Waals surface area contributed by atoms with E-state index in [1.165, 1.54) is 0 Å². The molecule has 35 heavy (non-hydrogen) atoms. The second-order valence-corrected chi connectivity index (χ2v) is 9.92. The van der Waals surface area contributed by atoms with Crippen LogP contribution >= 0.6 is 11.6 Å². The lowest BCUT2D eigenvalue weighted by Crippen LogP contribution is -2.24. The van der Waals surface area contributed by atoms with E-state index in [1.807, 2.05) is 38.1 Å². The van der Waals surface area contributed by atoms with Crippen molar-refractivity contribution in [3.8, 4) is 22.8 Å². The average molecular weight is 490 g/mol. The Labute approximate surface area is 209 Å². The van der Waals surface area contributed by atoms with Crippen molar-refractivity contribution in [3.05, 3.63) is 92.6 Å². The van der Waals surface area contributed by atoms with Gasteiger partial charge < -0.3 is 4.74 Å². The number of hydrogen-bond acceptors (Lipinski definition) is 6. The minimum Gasteiger partial charge on any atom is -0.487 e. The van der Waals surface area contributed by atoms with E-state index in [9.17, 15) is 4.79 Å². The fraction of sp³-hybridized carbons (Fsp3) is 0.296. The van der Waals surface area contributed by atoms with Crippen LogP contribution in [0.2, 0.25) is 5.02 Å². The van der Waals surface area contributed by atoms with Crippen LogP contribution in [0, 0.1) is 20.8 Å². The van der Waals surface area contributed by atoms with Crippen molar-refractivity contribution in [3.63, 3.8) is 0 Å². The molecule has 0 fully saturated rings. The van der Waals surface area contributed by atoms with Gasteiger partial charge in [0.05, 0.1) is 33.4 Å². The molecular weight excluding hydrogens is 462 g/mol. The molecule has 0 radical (unpaired) electrons. The fourth-order valence-electron chi connectivity index (χ4n) is 3.68. The van der Waals surface area contributed by atoms with E-state index in [0.717, 1.165) is 11.4 Å². The second-order valence-electron chi connectivity index (χ2n) is 9.51. The molecule has 4 rings (SSSR count). The van der Waals surface area contributed by atoms with Crippen LogP contribution in [0.15, 0.2) is 53.6 Å². The maximum absolute atomic E-state index is 13.4. The summed E-state index contributed by atoms with van der Waals surface area (Å²) in [6.07, 6.45) is 3.26. The predicted molar refractivity (Wildman–Crippen MR) is 137 cm³/mol. The van der Waals surface area contributed by atoms with Crippen LogP contribution in [-0.4, -0.2) is 24.5 Å². The van der Waals surface area contributed by atoms with Crippen LogP contribution in [-0.2, 0) is 12.0 Å². The first-order valence-corrected chi connectivity index (χ1v) is 11.7. The third-order valence-electron chi connectivity index (χ3n) is 5.57. The molecule has 0 aliphatic rings. The van der Waals surface area contributed by atoms with Crippen molar-refractivity contribution in [2.75, 3.05) is 0 Å². The maximum Gasteiger partial charge on any atom is 0.261 e. The number of ether oxygens (including phenoxy) is 1. The van der Waals surface area contributed by atoms with Crippen molar-refractivity contribution in [2.24, 2.45) is 0 Å². The number of hydrogen-bond donors (Lipinski definition) is 0. The van der Waals surface area contributed by atoms with E-state index in [-0.39, 0.29) is 17.6 Å². The van der Waals surface area contributed by atoms with Crippen molar-refractivity contribution in [1.29, 1.82) is 0 Å². The van der Waals surface area contributed by atoms with Gasteiger partial charge in [-0.1, -0.05) is 38.4 Å². The monoisotopic (exact) mass is 489 g/mol. The SMILES string of the molecule is Cc1cccc(COc2cc(C)n(-c3cc(-c4ccnc(C(C)(C)C)n4)ncc3Cl)c(=O)c2C)n1. The number of pyridine rings is 3. The lowest BCUT2D eigenvalue weighted by Gasteiger charge is -2.18. The molecule has 0 saturated carbocycles. The molecule has 0 bridgehead atoms. The smallest absolute Gasteiger partial charge is 0.261 e. The van der Waals surface area contributed by atoms with Crippen LogP contribution in [0.25, 0.3) is 17.1 Å². The zero-order chi connectivity index (χ0) is 25.3. The highest BCUT2D eigenvalue weighted by Crippen LogP contribution is 2.28. The summed E-state index contributed by atoms with van der Waals surface area (Å²) in [5.41, 5.74) is 4.25. The van der Waals surface area contributed by atoms with Crippen LogP contribution in [0.4, 0.5) is 0 Å². The molecular formula is C27H28ClN5O2. The number of aromatic nitrogens is 5. The van der Waals surface area contributed by atoms with E-state index in [2.05, 4.69) is 40.7 Å². The molecule has 0 spiro atoms. The van der Waals surface area contributed by atoms with E-state index < -0.39 is 0 Å². The Bertz CT molecular complexity index is 1460. The summed E-state index contributed by atoms with van der Waals surface area (Å²) in [5, 5.41) is 0.362. The molecule has 0 aliphatic heterocycles. The summed E-state index contributed by atoms with van der Waals surface area (Å²) in [6.45, 7) is 11.9. The summed E-state index contributed by atoms with van der Waals surface area (Å²) in [7, 11) is 0. The molecule has 180 valence electrons. The van der Waals surface area contributed by atoms with Gasteiger partial charge in [0.15, 0.2) is 0 Å². The third-order valence-corrected chi connectivity index (χ3v) is 5.86. The molecule has 0 aromatic carbocycles. The highest BCUT2D eigenvalue weighted by Gasteiger charge is 2.20. The molecule has 0 N–H and O–H groups in total. The Morgan fingerprint density at radius 3 is 2.49 bits per heavy atom. The van der Waals surface area contributed by atoms with Gasteiger partial charge in [-0.3, -0.25) is 19.3 Å². The van der Waals surface area contributed by atoms with Gasteiger partial charge in [0.1, 0.15) is 18.2 Å². The largest absolute Gasteiger partial charge is 0.487 e. The first-order valence-electron chi connectivity index (χ1n) is 11.3. The van der Waals surface area contributed by atoms with Crippen molar-refractivity contribution in [2.45, 2.75) is 53.6 Å². The number of nitrogens with zero attached hydrogens (tertiary/aromatic N) is 5. The average Bonchev–Trinajstić information content (AvgIpc) is 2.81. The molecule has 7 nitrogen and oxygen atoms in total. The Hall–Kier alpha value is -3.58. The van der Waals surface area contributed by atoms with Gasteiger partial charge in [0, 0.05) is 35.3 Å². The zero-order valence-corrected chi connectivity index (χ0v) is 21.5. The maximum atomic E-state index is 13.4. The normalized spacial score (nSPS) is 11.5. The van der Waals surface area contributed by atoms with Gasteiger partial charge in [-0.05, 0) is 45.0 Å². The highest BCUT2D eigenvalue weighted by molar-refractivity contribution is 6.32. The fourth-order valence-corrected chi connectivity index (χ4v) is 3.87. The summed E-state index contributed by atoms with van der Waals surface area (Å²) in [5.74, 6) is 1.23. The minimum atomic E-state index is -0.214. The van der Waals surface area contributed by atoms with Gasteiger partial charge in [-0.2, -0.15) is 0 Å². The lowest BCUT2D eigenvalue weighted by atomic mass is 9.95. The third kappa shape index (κ3) is 5.25. The summed E-state index contributed by atoms with van der Waals surface area (Å²) in [4.78, 5) is 31.4. The van der Waals surface area contributed by atoms with Crippen LogP contribution in [0.1, 0.15) is 49.2 Å². The number of rotatable bonds is 5. The first kappa shape index (κ1) is 24.5. The molecule has 4 aromatic rings.